The van der Waals surface area contributed by atoms with Gasteiger partial charge in [0.05, 0.1) is 6.61 Å². The Labute approximate surface area is 100 Å². The van der Waals surface area contributed by atoms with Crippen LogP contribution in [-0.4, -0.2) is 35.2 Å². The van der Waals surface area contributed by atoms with Gasteiger partial charge in [-0.3, -0.25) is 5.43 Å². The molecule has 0 aromatic carbocycles. The summed E-state index contributed by atoms with van der Waals surface area (Å²) in [6, 6.07) is 0.299. The van der Waals surface area contributed by atoms with Crippen LogP contribution in [0.1, 0.15) is 19.8 Å². The molecule has 0 saturated heterocycles. The zero-order valence-electron chi connectivity index (χ0n) is 10.2. The molecule has 0 radical (unpaired) electrons. The summed E-state index contributed by atoms with van der Waals surface area (Å²) in [4.78, 5) is 14.5. The fourth-order valence-electron chi connectivity index (χ4n) is 1.54. The molecule has 1 aromatic heterocycles. The molecule has 1 aliphatic rings. The number of rotatable bonds is 6. The van der Waals surface area contributed by atoms with Crippen molar-refractivity contribution in [2.45, 2.75) is 19.8 Å². The number of aromatic nitrogens is 3. The molecule has 1 aliphatic carbocycles. The van der Waals surface area contributed by atoms with E-state index < -0.39 is 0 Å². The summed E-state index contributed by atoms with van der Waals surface area (Å²) in [6.07, 6.45) is 2.57. The molecule has 0 bridgehead atoms. The Morgan fingerprint density at radius 2 is 2.18 bits per heavy atom. The van der Waals surface area contributed by atoms with Crippen molar-refractivity contribution in [1.29, 1.82) is 0 Å². The van der Waals surface area contributed by atoms with Gasteiger partial charge in [-0.1, -0.05) is 0 Å². The predicted molar refractivity (Wildman–Crippen MR) is 64.8 cm³/mol. The van der Waals surface area contributed by atoms with Crippen LogP contribution in [0.5, 0.6) is 6.01 Å². The van der Waals surface area contributed by atoms with Crippen molar-refractivity contribution >= 4 is 11.9 Å². The number of hydrogen-bond acceptors (Lipinski definition) is 7. The third kappa shape index (κ3) is 3.16. The maximum atomic E-state index is 5.32. The fourth-order valence-corrected chi connectivity index (χ4v) is 1.54. The van der Waals surface area contributed by atoms with Gasteiger partial charge in [0, 0.05) is 13.6 Å². The molecular formula is C10H18N6O. The van der Waals surface area contributed by atoms with Crippen molar-refractivity contribution in [3.05, 3.63) is 0 Å². The highest BCUT2D eigenvalue weighted by molar-refractivity contribution is 5.37. The van der Waals surface area contributed by atoms with Crippen LogP contribution in [0.25, 0.3) is 0 Å². The molecule has 2 rings (SSSR count). The monoisotopic (exact) mass is 238 g/mol. The van der Waals surface area contributed by atoms with E-state index in [1.165, 1.54) is 12.8 Å². The number of nitrogen functional groups attached to an aromatic ring is 1. The highest BCUT2D eigenvalue weighted by atomic mass is 16.5. The van der Waals surface area contributed by atoms with Crippen molar-refractivity contribution in [3.63, 3.8) is 0 Å². The standard InChI is InChI=1S/C10H18N6O/c1-3-17-10-13-8(15-11)12-9(14-10)16(2)6-7-4-5-7/h7H,3-6,11H2,1-2H3,(H,12,13,14,15). The smallest absolute Gasteiger partial charge is 0.323 e. The Morgan fingerprint density at radius 3 is 2.76 bits per heavy atom. The van der Waals surface area contributed by atoms with Gasteiger partial charge in [-0.05, 0) is 25.7 Å². The SMILES string of the molecule is CCOc1nc(NN)nc(N(C)CC2CC2)n1. The van der Waals surface area contributed by atoms with Crippen molar-refractivity contribution in [3.8, 4) is 6.01 Å². The molecule has 1 saturated carbocycles. The van der Waals surface area contributed by atoms with Crippen LogP contribution in [-0.2, 0) is 0 Å². The second-order valence-electron chi connectivity index (χ2n) is 4.14. The largest absolute Gasteiger partial charge is 0.464 e. The molecule has 3 N–H and O–H groups in total. The third-order valence-electron chi connectivity index (χ3n) is 2.58. The van der Waals surface area contributed by atoms with Crippen LogP contribution >= 0.6 is 0 Å². The molecule has 0 atom stereocenters. The Kier molecular flexibility index (Phi) is 3.58. The van der Waals surface area contributed by atoms with Crippen LogP contribution < -0.4 is 20.9 Å². The number of ether oxygens (including phenoxy) is 1. The quantitative estimate of drug-likeness (QED) is 0.547. The number of nitrogens with zero attached hydrogens (tertiary/aromatic N) is 4. The second kappa shape index (κ2) is 5.13. The Bertz CT molecular complexity index is 381. The predicted octanol–water partition coefficient (Wildman–Crippen LogP) is 0.402. The lowest BCUT2D eigenvalue weighted by Gasteiger charge is -2.17. The highest BCUT2D eigenvalue weighted by Crippen LogP contribution is 2.30. The van der Waals surface area contributed by atoms with Gasteiger partial charge in [-0.2, -0.15) is 15.0 Å². The van der Waals surface area contributed by atoms with E-state index in [2.05, 4.69) is 20.4 Å². The fraction of sp³-hybridized carbons (Fsp3) is 0.700. The summed E-state index contributed by atoms with van der Waals surface area (Å²) in [5.41, 5.74) is 2.42. The van der Waals surface area contributed by atoms with E-state index in [1.54, 1.807) is 0 Å². The zero-order valence-corrected chi connectivity index (χ0v) is 10.2. The second-order valence-corrected chi connectivity index (χ2v) is 4.14. The van der Waals surface area contributed by atoms with Crippen LogP contribution in [0.4, 0.5) is 11.9 Å². The van der Waals surface area contributed by atoms with E-state index in [4.69, 9.17) is 10.6 Å². The number of hydrazine groups is 1. The molecule has 0 aliphatic heterocycles. The minimum absolute atomic E-state index is 0.299. The normalized spacial score (nSPS) is 14.5. The average Bonchev–Trinajstić information content (AvgIpc) is 3.13. The van der Waals surface area contributed by atoms with E-state index in [-0.39, 0.29) is 0 Å². The average molecular weight is 238 g/mol. The highest BCUT2D eigenvalue weighted by Gasteiger charge is 2.24. The molecule has 1 heterocycles. The van der Waals surface area contributed by atoms with Crippen molar-refractivity contribution in [2.24, 2.45) is 11.8 Å². The molecule has 7 nitrogen and oxygen atoms in total. The molecule has 1 fully saturated rings. The molecule has 0 unspecified atom stereocenters. The summed E-state index contributed by atoms with van der Waals surface area (Å²) in [5, 5.41) is 0. The van der Waals surface area contributed by atoms with Gasteiger partial charge in [-0.15, -0.1) is 0 Å². The number of nitrogens with one attached hydrogen (secondary N) is 1. The zero-order chi connectivity index (χ0) is 12.3. The molecule has 1 aromatic rings. The first-order chi connectivity index (χ1) is 8.22. The van der Waals surface area contributed by atoms with Crippen molar-refractivity contribution < 1.29 is 4.74 Å². The lowest BCUT2D eigenvalue weighted by molar-refractivity contribution is 0.312. The Morgan fingerprint density at radius 1 is 1.41 bits per heavy atom. The summed E-state index contributed by atoms with van der Waals surface area (Å²) in [5.74, 6) is 6.99. The Hall–Kier alpha value is -1.63. The molecule has 94 valence electrons. The van der Waals surface area contributed by atoms with E-state index in [0.717, 1.165) is 12.5 Å². The number of hydrogen-bond donors (Lipinski definition) is 2. The van der Waals surface area contributed by atoms with Gasteiger partial charge < -0.3 is 9.64 Å². The van der Waals surface area contributed by atoms with Crippen LogP contribution in [0.2, 0.25) is 0 Å². The van der Waals surface area contributed by atoms with Crippen LogP contribution in [0.15, 0.2) is 0 Å². The lowest BCUT2D eigenvalue weighted by atomic mass is 10.4. The first-order valence-corrected chi connectivity index (χ1v) is 5.79. The summed E-state index contributed by atoms with van der Waals surface area (Å²) < 4.78 is 5.28. The minimum atomic E-state index is 0.299. The molecule has 0 spiro atoms. The number of anilines is 2. The van der Waals surface area contributed by atoms with Crippen LogP contribution in [0, 0.1) is 5.92 Å². The molecule has 0 amide bonds. The van der Waals surface area contributed by atoms with Gasteiger partial charge in [0.1, 0.15) is 0 Å². The van der Waals surface area contributed by atoms with E-state index in [9.17, 15) is 0 Å². The summed E-state index contributed by atoms with van der Waals surface area (Å²) in [6.45, 7) is 3.35. The van der Waals surface area contributed by atoms with E-state index in [0.29, 0.717) is 24.5 Å². The molecule has 7 heteroatoms. The van der Waals surface area contributed by atoms with Crippen molar-refractivity contribution in [1.82, 2.24) is 15.0 Å². The van der Waals surface area contributed by atoms with Gasteiger partial charge in [0.15, 0.2) is 0 Å². The van der Waals surface area contributed by atoms with Crippen molar-refractivity contribution in [2.75, 3.05) is 30.5 Å². The van der Waals surface area contributed by atoms with Gasteiger partial charge in [0.25, 0.3) is 0 Å². The first kappa shape index (κ1) is 11.8. The summed E-state index contributed by atoms with van der Waals surface area (Å²) >= 11 is 0. The lowest BCUT2D eigenvalue weighted by Crippen LogP contribution is -2.24. The minimum Gasteiger partial charge on any atom is -0.464 e. The maximum absolute atomic E-state index is 5.32. The van der Waals surface area contributed by atoms with E-state index in [1.807, 2.05) is 18.9 Å². The third-order valence-corrected chi connectivity index (χ3v) is 2.58. The topological polar surface area (TPSA) is 89.2 Å². The molecule has 17 heavy (non-hydrogen) atoms. The summed E-state index contributed by atoms with van der Waals surface area (Å²) in [7, 11) is 1.96. The Balaban J connectivity index is 2.14. The van der Waals surface area contributed by atoms with Gasteiger partial charge >= 0.3 is 6.01 Å². The maximum Gasteiger partial charge on any atom is 0.323 e. The number of nitrogens with two attached hydrogens (primary N) is 1. The van der Waals surface area contributed by atoms with Crippen LogP contribution in [0.3, 0.4) is 0 Å². The van der Waals surface area contributed by atoms with Gasteiger partial charge in [-0.25, -0.2) is 5.84 Å². The first-order valence-electron chi connectivity index (χ1n) is 5.79. The molecular weight excluding hydrogens is 220 g/mol. The van der Waals surface area contributed by atoms with E-state index >= 15 is 0 Å². The van der Waals surface area contributed by atoms with Gasteiger partial charge in [0.2, 0.25) is 11.9 Å².